The Balaban J connectivity index is 2.12. The van der Waals surface area contributed by atoms with Gasteiger partial charge in [0.05, 0.1) is 0 Å². The fourth-order valence-electron chi connectivity index (χ4n) is 1.75. The molecule has 0 radical (unpaired) electrons. The summed E-state index contributed by atoms with van der Waals surface area (Å²) in [5.74, 6) is 2.07. The lowest BCUT2D eigenvalue weighted by Crippen LogP contribution is -2.41. The molecule has 0 aromatic rings. The van der Waals surface area contributed by atoms with Gasteiger partial charge in [-0.15, -0.1) is 11.6 Å². The molecule has 0 atom stereocenters. The second-order valence-electron chi connectivity index (χ2n) is 3.66. The van der Waals surface area contributed by atoms with E-state index in [-0.39, 0.29) is 0 Å². The third-order valence-corrected chi connectivity index (χ3v) is 3.62. The van der Waals surface area contributed by atoms with Gasteiger partial charge >= 0.3 is 0 Å². The Kier molecular flexibility index (Phi) is 6.26. The van der Waals surface area contributed by atoms with Crippen molar-refractivity contribution in [1.29, 1.82) is 0 Å². The predicted molar refractivity (Wildman–Crippen MR) is 62.9 cm³/mol. The minimum atomic E-state index is 0.787. The van der Waals surface area contributed by atoms with Crippen LogP contribution < -0.4 is 0 Å². The molecule has 1 fully saturated rings. The van der Waals surface area contributed by atoms with Crippen LogP contribution in [0.1, 0.15) is 25.7 Å². The van der Waals surface area contributed by atoms with Gasteiger partial charge in [0.25, 0.3) is 0 Å². The van der Waals surface area contributed by atoms with Crippen LogP contribution in [-0.2, 0) is 0 Å². The maximum Gasteiger partial charge on any atom is 0.0351 e. The molecule has 0 aromatic heterocycles. The standard InChI is InChI=1S/C10H20ClNS/c1-13-9-3-7-12(8-6-11)10-4-2-5-10/h10H,2-9H2,1H3. The number of thioether (sulfide) groups is 1. The van der Waals surface area contributed by atoms with Gasteiger partial charge in [0.1, 0.15) is 0 Å². The van der Waals surface area contributed by atoms with Crippen molar-refractivity contribution < 1.29 is 0 Å². The molecule has 0 N–H and O–H groups in total. The largest absolute Gasteiger partial charge is 0.299 e. The van der Waals surface area contributed by atoms with Crippen LogP contribution in [0.25, 0.3) is 0 Å². The molecule has 1 aliphatic carbocycles. The average molecular weight is 222 g/mol. The van der Waals surface area contributed by atoms with E-state index in [1.807, 2.05) is 11.8 Å². The lowest BCUT2D eigenvalue weighted by Gasteiger charge is -2.37. The highest BCUT2D eigenvalue weighted by molar-refractivity contribution is 7.98. The highest BCUT2D eigenvalue weighted by Crippen LogP contribution is 2.24. The Bertz CT molecular complexity index is 128. The molecule has 13 heavy (non-hydrogen) atoms. The number of hydrogen-bond donors (Lipinski definition) is 0. The van der Waals surface area contributed by atoms with E-state index in [1.165, 1.54) is 38.0 Å². The summed E-state index contributed by atoms with van der Waals surface area (Å²) < 4.78 is 0. The van der Waals surface area contributed by atoms with Gasteiger partial charge in [-0.1, -0.05) is 6.42 Å². The van der Waals surface area contributed by atoms with Gasteiger partial charge in [0.15, 0.2) is 0 Å². The molecule has 0 amide bonds. The first-order valence-electron chi connectivity index (χ1n) is 5.17. The summed E-state index contributed by atoms with van der Waals surface area (Å²) in [5, 5.41) is 0. The molecular formula is C10H20ClNS. The fourth-order valence-corrected chi connectivity index (χ4v) is 2.38. The normalized spacial score (nSPS) is 17.8. The third kappa shape index (κ3) is 4.09. The summed E-state index contributed by atoms with van der Waals surface area (Å²) >= 11 is 7.73. The number of alkyl halides is 1. The molecule has 0 bridgehead atoms. The second-order valence-corrected chi connectivity index (χ2v) is 5.02. The van der Waals surface area contributed by atoms with Crippen LogP contribution in [0.3, 0.4) is 0 Å². The van der Waals surface area contributed by atoms with E-state index >= 15 is 0 Å². The highest BCUT2D eigenvalue weighted by atomic mass is 35.5. The van der Waals surface area contributed by atoms with E-state index in [0.29, 0.717) is 0 Å². The molecule has 0 spiro atoms. The molecule has 3 heteroatoms. The van der Waals surface area contributed by atoms with E-state index in [1.54, 1.807) is 0 Å². The molecule has 0 unspecified atom stereocenters. The van der Waals surface area contributed by atoms with Crippen LogP contribution in [0.4, 0.5) is 0 Å². The lowest BCUT2D eigenvalue weighted by atomic mass is 9.91. The molecule has 0 aromatic carbocycles. The molecule has 0 heterocycles. The van der Waals surface area contributed by atoms with Crippen LogP contribution in [-0.4, -0.2) is 41.9 Å². The Morgan fingerprint density at radius 1 is 1.38 bits per heavy atom. The summed E-state index contributed by atoms with van der Waals surface area (Å²) in [4.78, 5) is 2.58. The van der Waals surface area contributed by atoms with Crippen molar-refractivity contribution in [3.05, 3.63) is 0 Å². The van der Waals surface area contributed by atoms with Crippen molar-refractivity contribution in [2.45, 2.75) is 31.7 Å². The number of halogens is 1. The molecule has 1 aliphatic rings. The van der Waals surface area contributed by atoms with E-state index in [2.05, 4.69) is 11.2 Å². The SMILES string of the molecule is CSCCCN(CCCl)C1CCC1. The van der Waals surface area contributed by atoms with Gasteiger partial charge < -0.3 is 0 Å². The van der Waals surface area contributed by atoms with Crippen molar-refractivity contribution in [2.75, 3.05) is 31.0 Å². The summed E-state index contributed by atoms with van der Waals surface area (Å²) in [5.41, 5.74) is 0. The minimum absolute atomic E-state index is 0.787. The first-order valence-corrected chi connectivity index (χ1v) is 7.10. The zero-order valence-corrected chi connectivity index (χ0v) is 10.0. The second kappa shape index (κ2) is 6.97. The highest BCUT2D eigenvalue weighted by Gasteiger charge is 2.23. The Morgan fingerprint density at radius 3 is 2.62 bits per heavy atom. The van der Waals surface area contributed by atoms with Crippen molar-refractivity contribution in [3.63, 3.8) is 0 Å². The van der Waals surface area contributed by atoms with Crippen molar-refractivity contribution in [3.8, 4) is 0 Å². The Labute approximate surface area is 91.2 Å². The van der Waals surface area contributed by atoms with Crippen LogP contribution in [0.5, 0.6) is 0 Å². The quantitative estimate of drug-likeness (QED) is 0.481. The van der Waals surface area contributed by atoms with Crippen molar-refractivity contribution in [2.24, 2.45) is 0 Å². The van der Waals surface area contributed by atoms with Gasteiger partial charge in [0, 0.05) is 18.5 Å². The number of hydrogen-bond acceptors (Lipinski definition) is 2. The summed E-state index contributed by atoms with van der Waals surface area (Å²) in [6.07, 6.45) is 7.71. The predicted octanol–water partition coefficient (Wildman–Crippen LogP) is 2.83. The molecule has 1 rings (SSSR count). The molecule has 0 aliphatic heterocycles. The third-order valence-electron chi connectivity index (χ3n) is 2.76. The van der Waals surface area contributed by atoms with Gasteiger partial charge in [-0.25, -0.2) is 0 Å². The molecule has 0 saturated heterocycles. The summed E-state index contributed by atoms with van der Waals surface area (Å²) in [6.45, 7) is 2.33. The van der Waals surface area contributed by atoms with E-state index in [4.69, 9.17) is 11.6 Å². The van der Waals surface area contributed by atoms with Gasteiger partial charge in [-0.05, 0) is 37.8 Å². The van der Waals surface area contributed by atoms with Crippen LogP contribution in [0.2, 0.25) is 0 Å². The maximum atomic E-state index is 5.79. The smallest absolute Gasteiger partial charge is 0.0351 e. The zero-order valence-electron chi connectivity index (χ0n) is 8.47. The minimum Gasteiger partial charge on any atom is -0.299 e. The maximum absolute atomic E-state index is 5.79. The Hall–Kier alpha value is 0.600. The monoisotopic (exact) mass is 221 g/mol. The van der Waals surface area contributed by atoms with Gasteiger partial charge in [0.2, 0.25) is 0 Å². The van der Waals surface area contributed by atoms with Gasteiger partial charge in [-0.2, -0.15) is 11.8 Å². The first kappa shape index (κ1) is 11.7. The van der Waals surface area contributed by atoms with Crippen LogP contribution in [0, 0.1) is 0 Å². The molecule has 1 saturated carbocycles. The fraction of sp³-hybridized carbons (Fsp3) is 1.00. The van der Waals surface area contributed by atoms with Crippen LogP contribution in [0.15, 0.2) is 0 Å². The molecular weight excluding hydrogens is 202 g/mol. The zero-order chi connectivity index (χ0) is 9.52. The number of rotatable bonds is 7. The van der Waals surface area contributed by atoms with E-state index in [9.17, 15) is 0 Å². The average Bonchev–Trinajstić information content (AvgIpc) is 2.02. The van der Waals surface area contributed by atoms with Gasteiger partial charge in [-0.3, -0.25) is 4.90 Å². The summed E-state index contributed by atoms with van der Waals surface area (Å²) in [7, 11) is 0. The van der Waals surface area contributed by atoms with Crippen molar-refractivity contribution in [1.82, 2.24) is 4.90 Å². The first-order chi connectivity index (χ1) is 6.38. The number of nitrogens with zero attached hydrogens (tertiary/aromatic N) is 1. The summed E-state index contributed by atoms with van der Waals surface area (Å²) in [6, 6.07) is 0.862. The lowest BCUT2D eigenvalue weighted by molar-refractivity contribution is 0.135. The van der Waals surface area contributed by atoms with Crippen LogP contribution >= 0.6 is 23.4 Å². The van der Waals surface area contributed by atoms with Crippen molar-refractivity contribution >= 4 is 23.4 Å². The van der Waals surface area contributed by atoms with E-state index < -0.39 is 0 Å². The van der Waals surface area contributed by atoms with E-state index in [0.717, 1.165) is 18.5 Å². The molecule has 1 nitrogen and oxygen atoms in total. The molecule has 78 valence electrons. The topological polar surface area (TPSA) is 3.24 Å². The Morgan fingerprint density at radius 2 is 2.15 bits per heavy atom.